The number of non-ortho nitro benzene ring substituents is 1. The minimum atomic E-state index is -1.19. The predicted molar refractivity (Wildman–Crippen MR) is 118 cm³/mol. The van der Waals surface area contributed by atoms with Crippen molar-refractivity contribution >= 4 is 29.2 Å². The van der Waals surface area contributed by atoms with Gasteiger partial charge in [-0.1, -0.05) is 18.2 Å². The molecule has 2 rings (SSSR count). The zero-order valence-corrected chi connectivity index (χ0v) is 18.7. The molecule has 2 aromatic carbocycles. The van der Waals surface area contributed by atoms with Crippen LogP contribution in [-0.4, -0.2) is 40.4 Å². The van der Waals surface area contributed by atoms with Gasteiger partial charge in [0.1, 0.15) is 0 Å². The van der Waals surface area contributed by atoms with E-state index >= 15 is 0 Å². The first kappa shape index (κ1) is 25.9. The maximum atomic E-state index is 13.0. The highest BCUT2D eigenvalue weighted by Gasteiger charge is 2.28. The van der Waals surface area contributed by atoms with Gasteiger partial charge in [0.2, 0.25) is 0 Å². The van der Waals surface area contributed by atoms with E-state index in [1.807, 2.05) is 0 Å². The van der Waals surface area contributed by atoms with Crippen LogP contribution in [-0.2, 0) is 14.3 Å². The summed E-state index contributed by atoms with van der Waals surface area (Å²) in [6, 6.07) is 7.35. The summed E-state index contributed by atoms with van der Waals surface area (Å²) in [7, 11) is 0. The highest BCUT2D eigenvalue weighted by Crippen LogP contribution is 2.28. The fraction of sp³-hybridized carbons (Fsp3) is 0.318. The number of amides is 1. The second-order valence-corrected chi connectivity index (χ2v) is 7.33. The summed E-state index contributed by atoms with van der Waals surface area (Å²) in [5.41, 5.74) is -1.31. The van der Waals surface area contributed by atoms with Crippen LogP contribution in [0.4, 0.5) is 11.4 Å². The van der Waals surface area contributed by atoms with Gasteiger partial charge in [-0.15, -0.1) is 0 Å². The normalized spacial score (nSPS) is 11.4. The Hall–Kier alpha value is -4.35. The van der Waals surface area contributed by atoms with Crippen molar-refractivity contribution in [3.05, 3.63) is 79.4 Å². The number of rotatable bonds is 10. The number of hydrogen-bond donors (Lipinski definition) is 1. The maximum Gasteiger partial charge on any atom is 0.338 e. The number of esters is 2. The highest BCUT2D eigenvalue weighted by atomic mass is 16.6. The standard InChI is InChI=1S/C22H23N3O9/c1-4-33-22(28)15-9-14(10-16(11-15)24(29)30)21(27)23-18(12-20(26)34-13(2)3)17-7-5-6-8-19(17)25(31)32/h5-11,13,18H,4,12H2,1-3H3,(H,23,27). The Bertz CT molecular complexity index is 1110. The predicted octanol–water partition coefficient (Wildman–Crippen LogP) is 3.49. The number of nitro groups is 2. The average molecular weight is 473 g/mol. The van der Waals surface area contributed by atoms with Gasteiger partial charge in [0.05, 0.1) is 46.1 Å². The van der Waals surface area contributed by atoms with Gasteiger partial charge in [-0.3, -0.25) is 29.8 Å². The van der Waals surface area contributed by atoms with Gasteiger partial charge < -0.3 is 14.8 Å². The lowest BCUT2D eigenvalue weighted by Crippen LogP contribution is -2.31. The van der Waals surface area contributed by atoms with Gasteiger partial charge in [-0.25, -0.2) is 4.79 Å². The third-order valence-corrected chi connectivity index (χ3v) is 4.45. The van der Waals surface area contributed by atoms with Crippen molar-refractivity contribution in [2.45, 2.75) is 39.3 Å². The molecule has 12 heteroatoms. The zero-order valence-electron chi connectivity index (χ0n) is 18.7. The van der Waals surface area contributed by atoms with Crippen molar-refractivity contribution in [3.63, 3.8) is 0 Å². The van der Waals surface area contributed by atoms with Gasteiger partial charge in [0.15, 0.2) is 0 Å². The summed E-state index contributed by atoms with van der Waals surface area (Å²) in [5.74, 6) is -2.48. The van der Waals surface area contributed by atoms with Crippen LogP contribution < -0.4 is 5.32 Å². The summed E-state index contributed by atoms with van der Waals surface area (Å²) >= 11 is 0. The molecule has 0 aliphatic heterocycles. The summed E-state index contributed by atoms with van der Waals surface area (Å²) in [6.45, 7) is 4.81. The van der Waals surface area contributed by atoms with Crippen LogP contribution in [0.15, 0.2) is 42.5 Å². The lowest BCUT2D eigenvalue weighted by Gasteiger charge is -2.19. The van der Waals surface area contributed by atoms with Gasteiger partial charge in [0, 0.05) is 23.8 Å². The number of nitrogens with one attached hydrogen (secondary N) is 1. The lowest BCUT2D eigenvalue weighted by atomic mass is 10.0. The Kier molecular flexibility index (Phi) is 8.76. The number of benzene rings is 2. The molecule has 0 aliphatic carbocycles. The summed E-state index contributed by atoms with van der Waals surface area (Å²) in [5, 5.41) is 25.3. The molecule has 1 atom stereocenters. The van der Waals surface area contributed by atoms with E-state index in [2.05, 4.69) is 5.32 Å². The first-order valence-electron chi connectivity index (χ1n) is 10.2. The Morgan fingerprint density at radius 2 is 1.65 bits per heavy atom. The molecule has 1 amide bonds. The van der Waals surface area contributed by atoms with Crippen molar-refractivity contribution in [1.29, 1.82) is 0 Å². The second kappa shape index (κ2) is 11.5. The molecule has 0 saturated carbocycles. The SMILES string of the molecule is CCOC(=O)c1cc(C(=O)NC(CC(=O)OC(C)C)c2ccccc2[N+](=O)[O-])cc([N+](=O)[O-])c1. The van der Waals surface area contributed by atoms with Crippen LogP contribution in [0.2, 0.25) is 0 Å². The Morgan fingerprint density at radius 3 is 2.24 bits per heavy atom. The van der Waals surface area contributed by atoms with E-state index < -0.39 is 51.9 Å². The molecule has 0 radical (unpaired) electrons. The van der Waals surface area contributed by atoms with Crippen molar-refractivity contribution < 1.29 is 33.7 Å². The average Bonchev–Trinajstić information content (AvgIpc) is 2.77. The van der Waals surface area contributed by atoms with Crippen LogP contribution in [0.25, 0.3) is 0 Å². The van der Waals surface area contributed by atoms with Crippen molar-refractivity contribution in [2.75, 3.05) is 6.61 Å². The molecule has 12 nitrogen and oxygen atoms in total. The van der Waals surface area contributed by atoms with Crippen LogP contribution in [0.3, 0.4) is 0 Å². The molecule has 34 heavy (non-hydrogen) atoms. The molecule has 0 fully saturated rings. The first-order chi connectivity index (χ1) is 16.0. The van der Waals surface area contributed by atoms with E-state index in [0.717, 1.165) is 18.2 Å². The lowest BCUT2D eigenvalue weighted by molar-refractivity contribution is -0.385. The summed E-state index contributed by atoms with van der Waals surface area (Å²) < 4.78 is 9.96. The fourth-order valence-corrected chi connectivity index (χ4v) is 3.09. The fourth-order valence-electron chi connectivity index (χ4n) is 3.09. The third-order valence-electron chi connectivity index (χ3n) is 4.45. The van der Waals surface area contributed by atoms with Crippen LogP contribution in [0.1, 0.15) is 59.5 Å². The minimum absolute atomic E-state index is 0.0146. The van der Waals surface area contributed by atoms with Gasteiger partial charge >= 0.3 is 11.9 Å². The molecular weight excluding hydrogens is 450 g/mol. The minimum Gasteiger partial charge on any atom is -0.463 e. The molecule has 0 aromatic heterocycles. The van der Waals surface area contributed by atoms with Gasteiger partial charge in [0.25, 0.3) is 17.3 Å². The maximum absolute atomic E-state index is 13.0. The largest absolute Gasteiger partial charge is 0.463 e. The van der Waals surface area contributed by atoms with Crippen LogP contribution in [0.5, 0.6) is 0 Å². The van der Waals surface area contributed by atoms with Crippen molar-refractivity contribution in [3.8, 4) is 0 Å². The molecular formula is C22H23N3O9. The monoisotopic (exact) mass is 473 g/mol. The topological polar surface area (TPSA) is 168 Å². The summed E-state index contributed by atoms with van der Waals surface area (Å²) in [4.78, 5) is 58.8. The molecule has 0 aliphatic rings. The first-order valence-corrected chi connectivity index (χ1v) is 10.2. The Labute approximate surface area is 194 Å². The van der Waals surface area contributed by atoms with E-state index in [-0.39, 0.29) is 29.0 Å². The van der Waals surface area contributed by atoms with Crippen LogP contribution in [0, 0.1) is 20.2 Å². The number of nitrogens with zero attached hydrogens (tertiary/aromatic N) is 2. The van der Waals surface area contributed by atoms with Crippen LogP contribution >= 0.6 is 0 Å². The number of para-hydroxylation sites is 1. The molecule has 0 bridgehead atoms. The highest BCUT2D eigenvalue weighted by molar-refractivity contribution is 5.99. The summed E-state index contributed by atoms with van der Waals surface area (Å²) in [6.07, 6.45) is -0.896. The number of nitro benzene ring substituents is 2. The third kappa shape index (κ3) is 6.82. The second-order valence-electron chi connectivity index (χ2n) is 7.33. The Morgan fingerprint density at radius 1 is 1.00 bits per heavy atom. The van der Waals surface area contributed by atoms with E-state index in [0.29, 0.717) is 0 Å². The van der Waals surface area contributed by atoms with Gasteiger partial charge in [-0.05, 0) is 26.8 Å². The number of carbonyl (C=O) groups excluding carboxylic acids is 3. The molecule has 180 valence electrons. The number of carbonyl (C=O) groups is 3. The zero-order chi connectivity index (χ0) is 25.4. The van der Waals surface area contributed by atoms with E-state index in [1.165, 1.54) is 24.3 Å². The smallest absolute Gasteiger partial charge is 0.338 e. The molecule has 1 N–H and O–H groups in total. The van der Waals surface area contributed by atoms with Gasteiger partial charge in [-0.2, -0.15) is 0 Å². The van der Waals surface area contributed by atoms with E-state index in [1.54, 1.807) is 20.8 Å². The molecule has 1 unspecified atom stereocenters. The number of hydrogen-bond acceptors (Lipinski definition) is 9. The molecule has 0 spiro atoms. The quantitative estimate of drug-likeness (QED) is 0.308. The number of ether oxygens (including phenoxy) is 2. The van der Waals surface area contributed by atoms with Crippen molar-refractivity contribution in [1.82, 2.24) is 5.32 Å². The Balaban J connectivity index is 2.47. The van der Waals surface area contributed by atoms with Crippen molar-refractivity contribution in [2.24, 2.45) is 0 Å². The molecule has 2 aromatic rings. The molecule has 0 heterocycles. The van der Waals surface area contributed by atoms with E-state index in [9.17, 15) is 34.6 Å². The molecule has 0 saturated heterocycles. The van der Waals surface area contributed by atoms with E-state index in [4.69, 9.17) is 9.47 Å².